The Morgan fingerprint density at radius 1 is 0.819 bits per heavy atom. The number of carbonyl (C=O) groups excluding carboxylic acids is 8. The van der Waals surface area contributed by atoms with Gasteiger partial charge >= 0.3 is 5.97 Å². The van der Waals surface area contributed by atoms with E-state index in [4.69, 9.17) is 18.9 Å². The van der Waals surface area contributed by atoms with Gasteiger partial charge in [0.1, 0.15) is 18.5 Å². The van der Waals surface area contributed by atoms with Crippen LogP contribution in [0.2, 0.25) is 0 Å². The highest BCUT2D eigenvalue weighted by Crippen LogP contribution is 2.41. The first-order chi connectivity index (χ1) is 34.6. The number of cyclic esters (lactones) is 1. The number of nitrogens with zero attached hydrogens (tertiary/aromatic N) is 3. The number of fused-ring (bicyclic) bond motifs is 5. The zero-order chi connectivity index (χ0) is 51.5. The Balaban J connectivity index is 0.852. The van der Waals surface area contributed by atoms with Gasteiger partial charge in [0.2, 0.25) is 29.5 Å². The molecule has 0 fully saturated rings. The maximum absolute atomic E-state index is 15.7. The molecule has 3 aliphatic rings. The van der Waals surface area contributed by atoms with E-state index in [0.717, 1.165) is 11.0 Å². The average molecular weight is 999 g/mol. The highest BCUT2D eigenvalue weighted by atomic mass is 19.1. The molecule has 2 atom stereocenters. The van der Waals surface area contributed by atoms with Gasteiger partial charge in [0.15, 0.2) is 5.60 Å². The third-order valence-electron chi connectivity index (χ3n) is 11.9. The lowest BCUT2D eigenvalue weighted by atomic mass is 9.86. The van der Waals surface area contributed by atoms with Crippen molar-refractivity contribution in [1.82, 2.24) is 35.7 Å². The Bertz CT molecular complexity index is 2870. The summed E-state index contributed by atoms with van der Waals surface area (Å²) < 4.78 is 38.2. The second-order valence-electron chi connectivity index (χ2n) is 16.5. The number of ether oxygens (including phenoxy) is 4. The van der Waals surface area contributed by atoms with Crippen LogP contribution in [-0.4, -0.2) is 138 Å². The van der Waals surface area contributed by atoms with Crippen LogP contribution in [0.3, 0.4) is 0 Å². The fourth-order valence-corrected chi connectivity index (χ4v) is 8.10. The van der Waals surface area contributed by atoms with E-state index in [2.05, 4.69) is 31.6 Å². The molecule has 0 spiro atoms. The van der Waals surface area contributed by atoms with Crippen molar-refractivity contribution >= 4 is 63.9 Å². The number of imide groups is 1. The van der Waals surface area contributed by atoms with Crippen LogP contribution in [0.25, 0.3) is 22.3 Å². The van der Waals surface area contributed by atoms with E-state index in [1.807, 2.05) is 0 Å². The lowest BCUT2D eigenvalue weighted by Crippen LogP contribution is -2.46. The second-order valence-corrected chi connectivity index (χ2v) is 16.5. The molecule has 7 rings (SSSR count). The number of hydrogen-bond donors (Lipinski definition) is 7. The summed E-state index contributed by atoms with van der Waals surface area (Å²) in [6.07, 6.45) is 2.26. The van der Waals surface area contributed by atoms with Gasteiger partial charge in [0, 0.05) is 41.2 Å². The number of pyridine rings is 2. The Hall–Kier alpha value is -7.77. The minimum Gasteiger partial charge on any atom is -0.458 e. The van der Waals surface area contributed by atoms with Crippen LogP contribution in [-0.2, 0) is 82.7 Å². The van der Waals surface area contributed by atoms with Crippen LogP contribution < -0.4 is 32.1 Å². The number of esters is 1. The first kappa shape index (κ1) is 52.1. The van der Waals surface area contributed by atoms with Gasteiger partial charge in [-0.1, -0.05) is 37.3 Å². The van der Waals surface area contributed by atoms with E-state index in [1.54, 1.807) is 37.3 Å². The molecule has 0 aliphatic carbocycles. The standard InChI is InChI=1S/C48H51FN8O15/c1-2-48(68)32-19-36-44-29(24-57(36)46(66)31(32)26-72-47(48)67)30(25-58)28-18-35(33(49)20-34(28)54-44)53-39(61)23-52-45(65)43(27-6-4-3-5-7-27)55-40(62)22-51-38(60)21-50-37(59)10-12-69-14-16-71-17-15-70-13-11-56-41(63)8-9-42(56)64/h3-9,18-20,43,58,68H,2,10-17,21-26H2,1H3,(H,50,59)(H,51,60)(H,52,65)(H,53,61)(H,55,62)/t43?,48-/m0/s1. The number of aliphatic hydroxyl groups excluding tert-OH is 1. The lowest BCUT2D eigenvalue weighted by molar-refractivity contribution is -0.172. The van der Waals surface area contributed by atoms with E-state index in [1.165, 1.54) is 28.9 Å². The molecular formula is C48H51FN8O15. The summed E-state index contributed by atoms with van der Waals surface area (Å²) in [6, 6.07) is 10.4. The van der Waals surface area contributed by atoms with Crippen molar-refractivity contribution in [1.29, 1.82) is 0 Å². The average Bonchev–Trinajstić information content (AvgIpc) is 3.90. The van der Waals surface area contributed by atoms with Crippen molar-refractivity contribution in [3.8, 4) is 11.4 Å². The largest absolute Gasteiger partial charge is 0.458 e. The van der Waals surface area contributed by atoms with Gasteiger partial charge in [-0.3, -0.25) is 43.3 Å². The topological polar surface area (TPSA) is 312 Å². The molecule has 1 unspecified atom stereocenters. The number of benzene rings is 2. The molecule has 23 nitrogen and oxygen atoms in total. The van der Waals surface area contributed by atoms with Crippen LogP contribution in [0, 0.1) is 5.82 Å². The number of halogens is 1. The molecule has 24 heteroatoms. The van der Waals surface area contributed by atoms with Gasteiger partial charge in [-0.2, -0.15) is 0 Å². The summed E-state index contributed by atoms with van der Waals surface area (Å²) >= 11 is 0. The van der Waals surface area contributed by atoms with Crippen molar-refractivity contribution in [3.63, 3.8) is 0 Å². The molecule has 3 aliphatic heterocycles. The van der Waals surface area contributed by atoms with Gasteiger partial charge in [0.05, 0.1) is 107 Å². The van der Waals surface area contributed by atoms with E-state index >= 15 is 4.39 Å². The van der Waals surface area contributed by atoms with Gasteiger partial charge in [-0.05, 0) is 29.7 Å². The first-order valence-corrected chi connectivity index (χ1v) is 22.8. The normalized spacial score (nSPS) is 15.9. The number of nitrogens with one attached hydrogen (secondary N) is 5. The molecule has 0 bridgehead atoms. The number of amides is 7. The molecule has 0 radical (unpaired) electrons. The van der Waals surface area contributed by atoms with E-state index < -0.39 is 84.8 Å². The van der Waals surface area contributed by atoms with E-state index in [9.17, 15) is 53.4 Å². The maximum atomic E-state index is 15.7. The SMILES string of the molecule is CC[C@@]1(O)C(=O)OCc2c1cc1n(c2=O)Cc2c-1nc1cc(F)c(NC(=O)CNC(=O)C(NC(=O)CNC(=O)CNC(=O)CCOCCOCCOCCN3C(=O)C=CC3=O)c3ccccc3)cc1c2CO. The fourth-order valence-electron chi connectivity index (χ4n) is 8.10. The summed E-state index contributed by atoms with van der Waals surface area (Å²) in [5.41, 5.74) is -1.14. The smallest absolute Gasteiger partial charge is 0.343 e. The Labute approximate surface area is 409 Å². The molecule has 5 heterocycles. The lowest BCUT2D eigenvalue weighted by Gasteiger charge is -2.31. The zero-order valence-corrected chi connectivity index (χ0v) is 38.9. The third kappa shape index (κ3) is 11.9. The summed E-state index contributed by atoms with van der Waals surface area (Å²) in [5.74, 6) is -6.24. The molecule has 2 aromatic heterocycles. The molecule has 0 saturated heterocycles. The third-order valence-corrected chi connectivity index (χ3v) is 11.9. The summed E-state index contributed by atoms with van der Waals surface area (Å²) in [7, 11) is 0. The Kier molecular flexibility index (Phi) is 16.9. The summed E-state index contributed by atoms with van der Waals surface area (Å²) in [6.45, 7) is 0.128. The maximum Gasteiger partial charge on any atom is 0.343 e. The van der Waals surface area contributed by atoms with E-state index in [-0.39, 0.29) is 129 Å². The van der Waals surface area contributed by atoms with Crippen LogP contribution in [0.4, 0.5) is 10.1 Å². The number of hydrogen-bond acceptors (Lipinski definition) is 16. The van der Waals surface area contributed by atoms with Gasteiger partial charge < -0.3 is 60.3 Å². The fraction of sp³-hybridized carbons (Fsp3) is 0.375. The minimum atomic E-state index is -2.07. The molecule has 72 heavy (non-hydrogen) atoms. The number of aliphatic hydroxyl groups is 2. The van der Waals surface area contributed by atoms with Crippen LogP contribution in [0.15, 0.2) is 65.5 Å². The number of aromatic nitrogens is 2. The van der Waals surface area contributed by atoms with Crippen molar-refractivity contribution in [2.75, 3.05) is 71.1 Å². The summed E-state index contributed by atoms with van der Waals surface area (Å²) in [4.78, 5) is 119. The van der Waals surface area contributed by atoms with Gasteiger partial charge in [-0.15, -0.1) is 0 Å². The highest BCUT2D eigenvalue weighted by Gasteiger charge is 2.45. The van der Waals surface area contributed by atoms with Crippen molar-refractivity contribution < 1.29 is 71.9 Å². The van der Waals surface area contributed by atoms with Gasteiger partial charge in [-0.25, -0.2) is 14.2 Å². The highest BCUT2D eigenvalue weighted by molar-refractivity contribution is 6.12. The molecule has 7 N–H and O–H groups in total. The first-order valence-electron chi connectivity index (χ1n) is 22.8. The Morgan fingerprint density at radius 2 is 1.47 bits per heavy atom. The molecule has 4 aromatic rings. The van der Waals surface area contributed by atoms with Crippen LogP contribution in [0.1, 0.15) is 53.6 Å². The Morgan fingerprint density at radius 3 is 2.17 bits per heavy atom. The number of anilines is 1. The quantitative estimate of drug-likeness (QED) is 0.0227. The van der Waals surface area contributed by atoms with Gasteiger partial charge in [0.25, 0.3) is 17.4 Å². The van der Waals surface area contributed by atoms with E-state index in [0.29, 0.717) is 11.1 Å². The predicted octanol–water partition coefficient (Wildman–Crippen LogP) is -0.779. The van der Waals surface area contributed by atoms with Crippen LogP contribution >= 0.6 is 0 Å². The monoisotopic (exact) mass is 998 g/mol. The molecule has 2 aromatic carbocycles. The zero-order valence-electron chi connectivity index (χ0n) is 38.9. The van der Waals surface area contributed by atoms with Crippen molar-refractivity contribution in [2.45, 2.75) is 51.2 Å². The predicted molar refractivity (Wildman–Crippen MR) is 248 cm³/mol. The minimum absolute atomic E-state index is 0.0385. The van der Waals surface area contributed by atoms with Crippen LogP contribution in [0.5, 0.6) is 0 Å². The second kappa shape index (κ2) is 23.4. The number of rotatable bonds is 24. The molecule has 7 amide bonds. The van der Waals surface area contributed by atoms with Crippen molar-refractivity contribution in [2.24, 2.45) is 0 Å². The molecule has 0 saturated carbocycles. The molecule has 380 valence electrons. The number of carbonyl (C=O) groups is 8. The van der Waals surface area contributed by atoms with Crippen molar-refractivity contribution in [3.05, 3.63) is 105 Å². The molecular weight excluding hydrogens is 948 g/mol. The summed E-state index contributed by atoms with van der Waals surface area (Å²) in [5, 5.41) is 34.1.